The highest BCUT2D eigenvalue weighted by Crippen LogP contribution is 2.35. The molecule has 2 atom stereocenters. The second-order valence-electron chi connectivity index (χ2n) is 6.68. The Hall–Kier alpha value is -1.02. The van der Waals surface area contributed by atoms with Gasteiger partial charge in [-0.2, -0.15) is 0 Å². The minimum atomic E-state index is -0.0297. The van der Waals surface area contributed by atoms with Gasteiger partial charge >= 0.3 is 0 Å². The molecule has 0 radical (unpaired) electrons. The van der Waals surface area contributed by atoms with Crippen LogP contribution in [0.15, 0.2) is 6.07 Å². The highest BCUT2D eigenvalue weighted by atomic mass is 35.5. The lowest BCUT2D eigenvalue weighted by Gasteiger charge is -2.26. The molecule has 1 fully saturated rings. The molecule has 1 amide bonds. The van der Waals surface area contributed by atoms with E-state index in [1.54, 1.807) is 11.3 Å². The van der Waals surface area contributed by atoms with Gasteiger partial charge in [0, 0.05) is 17.7 Å². The van der Waals surface area contributed by atoms with Crippen molar-refractivity contribution < 1.29 is 9.53 Å². The van der Waals surface area contributed by atoms with E-state index in [0.717, 1.165) is 16.3 Å². The second kappa shape index (κ2) is 7.04. The van der Waals surface area contributed by atoms with Crippen molar-refractivity contribution in [3.05, 3.63) is 20.8 Å². The van der Waals surface area contributed by atoms with Crippen LogP contribution in [0.1, 0.15) is 44.6 Å². The molecule has 120 valence electrons. The number of hydrogen-bond acceptors (Lipinski definition) is 3. The first-order chi connectivity index (χ1) is 10.3. The summed E-state index contributed by atoms with van der Waals surface area (Å²) in [6, 6.07) is 2.13. The van der Waals surface area contributed by atoms with Gasteiger partial charge in [-0.25, -0.2) is 0 Å². The Bertz CT molecular complexity index is 606. The Morgan fingerprint density at radius 2 is 2.18 bits per heavy atom. The lowest BCUT2D eigenvalue weighted by Crippen LogP contribution is -2.42. The fourth-order valence-corrected chi connectivity index (χ4v) is 3.57. The van der Waals surface area contributed by atoms with Crippen molar-refractivity contribution in [2.45, 2.75) is 45.6 Å². The SMILES string of the molecule is CC(=O)NC1COCC(C#Cc2cc(C(C)(C)C)sc2Cl)C1. The van der Waals surface area contributed by atoms with Crippen LogP contribution in [-0.4, -0.2) is 25.2 Å². The summed E-state index contributed by atoms with van der Waals surface area (Å²) in [5, 5.41) is 2.89. The molecule has 1 aliphatic heterocycles. The quantitative estimate of drug-likeness (QED) is 0.794. The summed E-state index contributed by atoms with van der Waals surface area (Å²) in [4.78, 5) is 12.4. The Balaban J connectivity index is 2.07. The van der Waals surface area contributed by atoms with E-state index in [1.165, 1.54) is 11.8 Å². The Morgan fingerprint density at radius 3 is 2.77 bits per heavy atom. The number of rotatable bonds is 1. The number of hydrogen-bond donors (Lipinski definition) is 1. The number of ether oxygens (including phenoxy) is 1. The van der Waals surface area contributed by atoms with E-state index in [9.17, 15) is 4.79 Å². The molecule has 2 heterocycles. The predicted molar refractivity (Wildman–Crippen MR) is 91.4 cm³/mol. The van der Waals surface area contributed by atoms with Crippen LogP contribution in [0.3, 0.4) is 0 Å². The predicted octanol–water partition coefficient (Wildman–Crippen LogP) is 3.59. The minimum Gasteiger partial charge on any atom is -0.378 e. The maximum atomic E-state index is 11.1. The van der Waals surface area contributed by atoms with Crippen molar-refractivity contribution in [3.8, 4) is 11.8 Å². The van der Waals surface area contributed by atoms with Crippen LogP contribution in [-0.2, 0) is 14.9 Å². The van der Waals surface area contributed by atoms with Gasteiger partial charge in [0.05, 0.1) is 24.8 Å². The third-order valence-corrected chi connectivity index (χ3v) is 5.24. The monoisotopic (exact) mass is 339 g/mol. The molecule has 0 bridgehead atoms. The van der Waals surface area contributed by atoms with Crippen LogP contribution in [0.4, 0.5) is 0 Å². The van der Waals surface area contributed by atoms with E-state index < -0.39 is 0 Å². The van der Waals surface area contributed by atoms with Crippen LogP contribution in [0, 0.1) is 17.8 Å². The lowest BCUT2D eigenvalue weighted by atomic mass is 9.94. The van der Waals surface area contributed by atoms with Crippen LogP contribution in [0.25, 0.3) is 0 Å². The third-order valence-electron chi connectivity index (χ3n) is 3.45. The first-order valence-corrected chi connectivity index (χ1v) is 8.61. The highest BCUT2D eigenvalue weighted by molar-refractivity contribution is 7.16. The van der Waals surface area contributed by atoms with E-state index >= 15 is 0 Å². The van der Waals surface area contributed by atoms with Gasteiger partial charge in [-0.3, -0.25) is 4.79 Å². The van der Waals surface area contributed by atoms with Crippen LogP contribution < -0.4 is 5.32 Å². The Labute approximate surface area is 141 Å². The van der Waals surface area contributed by atoms with Gasteiger partial charge in [-0.15, -0.1) is 11.3 Å². The number of amides is 1. The van der Waals surface area contributed by atoms with Crippen molar-refractivity contribution in [1.29, 1.82) is 0 Å². The largest absolute Gasteiger partial charge is 0.378 e. The molecule has 3 nitrogen and oxygen atoms in total. The third kappa shape index (κ3) is 4.74. The van der Waals surface area contributed by atoms with Gasteiger partial charge in [0.15, 0.2) is 0 Å². The van der Waals surface area contributed by atoms with E-state index in [2.05, 4.69) is 44.0 Å². The average Bonchev–Trinajstić information content (AvgIpc) is 2.77. The molecule has 1 aromatic heterocycles. The number of carbonyl (C=O) groups excluding carboxylic acids is 1. The summed E-state index contributed by atoms with van der Waals surface area (Å²) in [7, 11) is 0. The Morgan fingerprint density at radius 1 is 1.45 bits per heavy atom. The van der Waals surface area contributed by atoms with Crippen molar-refractivity contribution in [2.24, 2.45) is 5.92 Å². The fraction of sp³-hybridized carbons (Fsp3) is 0.588. The lowest BCUT2D eigenvalue weighted by molar-refractivity contribution is -0.120. The maximum Gasteiger partial charge on any atom is 0.217 e. The summed E-state index contributed by atoms with van der Waals surface area (Å²) < 4.78 is 6.27. The number of carbonyl (C=O) groups is 1. The maximum absolute atomic E-state index is 11.1. The normalized spacial score (nSPS) is 21.9. The van der Waals surface area contributed by atoms with E-state index in [0.29, 0.717) is 13.2 Å². The van der Waals surface area contributed by atoms with Gasteiger partial charge in [0.2, 0.25) is 5.91 Å². The van der Waals surface area contributed by atoms with Crippen molar-refractivity contribution >= 4 is 28.8 Å². The molecule has 1 saturated heterocycles. The molecule has 0 saturated carbocycles. The topological polar surface area (TPSA) is 38.3 Å². The fourth-order valence-electron chi connectivity index (χ4n) is 2.32. The van der Waals surface area contributed by atoms with Crippen molar-refractivity contribution in [3.63, 3.8) is 0 Å². The van der Waals surface area contributed by atoms with Gasteiger partial charge < -0.3 is 10.1 Å². The van der Waals surface area contributed by atoms with E-state index in [1.807, 2.05) is 0 Å². The first-order valence-electron chi connectivity index (χ1n) is 7.42. The molecule has 5 heteroatoms. The van der Waals surface area contributed by atoms with Gasteiger partial charge in [-0.1, -0.05) is 44.2 Å². The van der Waals surface area contributed by atoms with Gasteiger partial charge in [0.1, 0.15) is 4.34 Å². The van der Waals surface area contributed by atoms with Gasteiger partial charge in [-0.05, 0) is 17.9 Å². The van der Waals surface area contributed by atoms with E-state index in [4.69, 9.17) is 16.3 Å². The zero-order valence-electron chi connectivity index (χ0n) is 13.5. The highest BCUT2D eigenvalue weighted by Gasteiger charge is 2.22. The Kier molecular flexibility index (Phi) is 5.55. The number of thiophene rings is 1. The molecule has 2 unspecified atom stereocenters. The molecule has 2 rings (SSSR count). The average molecular weight is 340 g/mol. The summed E-state index contributed by atoms with van der Waals surface area (Å²) in [5.41, 5.74) is 0.969. The smallest absolute Gasteiger partial charge is 0.217 e. The minimum absolute atomic E-state index is 0.0297. The summed E-state index contributed by atoms with van der Waals surface area (Å²) in [6.07, 6.45) is 0.820. The number of halogens is 1. The number of nitrogens with one attached hydrogen (secondary N) is 1. The molecule has 1 aromatic rings. The van der Waals surface area contributed by atoms with Crippen molar-refractivity contribution in [2.75, 3.05) is 13.2 Å². The molecule has 0 aromatic carbocycles. The van der Waals surface area contributed by atoms with Crippen LogP contribution in [0.5, 0.6) is 0 Å². The van der Waals surface area contributed by atoms with Crippen LogP contribution >= 0.6 is 22.9 Å². The van der Waals surface area contributed by atoms with Gasteiger partial charge in [0.25, 0.3) is 0 Å². The van der Waals surface area contributed by atoms with E-state index in [-0.39, 0.29) is 23.3 Å². The second-order valence-corrected chi connectivity index (χ2v) is 8.34. The molecular weight excluding hydrogens is 318 g/mol. The molecule has 0 aliphatic carbocycles. The summed E-state index contributed by atoms with van der Waals surface area (Å²) >= 11 is 7.89. The zero-order valence-corrected chi connectivity index (χ0v) is 15.0. The molecule has 1 aliphatic rings. The van der Waals surface area contributed by atoms with Crippen molar-refractivity contribution in [1.82, 2.24) is 5.32 Å². The molecule has 22 heavy (non-hydrogen) atoms. The standard InChI is InChI=1S/C17H22ClNO2S/c1-11(20)19-14-7-12(9-21-10-14)5-6-13-8-15(17(2,3)4)22-16(13)18/h8,12,14H,7,9-10H2,1-4H3,(H,19,20). The molecule has 1 N–H and O–H groups in total. The molecule has 0 spiro atoms. The summed E-state index contributed by atoms with van der Waals surface area (Å²) in [6.45, 7) is 9.19. The zero-order chi connectivity index (χ0) is 16.3. The molecular formula is C17H22ClNO2S. The van der Waals surface area contributed by atoms with Crippen LogP contribution in [0.2, 0.25) is 4.34 Å². The first kappa shape index (κ1) is 17.3. The summed E-state index contributed by atoms with van der Waals surface area (Å²) in [5.74, 6) is 6.52.